The number of ether oxygens (including phenoxy) is 10. The second-order valence-corrected chi connectivity index (χ2v) is 16.2. The van der Waals surface area contributed by atoms with E-state index in [0.717, 1.165) is 60.1 Å². The Kier molecular flexibility index (Phi) is 23.8. The number of hydroxylamine groups is 1. The van der Waals surface area contributed by atoms with Crippen LogP contribution in [-0.4, -0.2) is 149 Å². The Morgan fingerprint density at radius 3 is 1.84 bits per heavy atom. The Hall–Kier alpha value is -7.13. The fourth-order valence-electron chi connectivity index (χ4n) is 6.11. The molecule has 1 heterocycles. The standard InChI is InChI=1S/C46H54N2O20S/c1-12-13-14-15-20-69-25-46(10,11)48(58)22-35-18-16-34(17-19-35)21-47-44(57)42(65-32(8)55)40(63-30(6)53)39(36(61-28(4)51)23-59-26(2)49)68-45-43(66-33(9)56)41(64-31(7)54)38(62-29(5)52)37(67-45)24-60-27(3)50/h1,16-19,22,36-43,45H,21,23-25H2,2-11H3,(H-,47,57,58)/p+1/t36?,37?,38-,39+,40+,41-,42?,43?,45-/m0/s1. The number of terminal acetylenes is 1. The van der Waals surface area contributed by atoms with Crippen molar-refractivity contribution in [3.8, 4) is 35.4 Å². The molecule has 1 fully saturated rings. The van der Waals surface area contributed by atoms with Gasteiger partial charge in [0.05, 0.1) is 5.75 Å². The molecule has 0 bridgehead atoms. The number of amides is 1. The summed E-state index contributed by atoms with van der Waals surface area (Å²) in [4.78, 5) is 114. The van der Waals surface area contributed by atoms with Gasteiger partial charge < -0.3 is 52.7 Å². The van der Waals surface area contributed by atoms with Crippen LogP contribution in [0.1, 0.15) is 80.4 Å². The van der Waals surface area contributed by atoms with Gasteiger partial charge >= 0.3 is 47.8 Å². The third kappa shape index (κ3) is 20.7. The molecule has 0 saturated carbocycles. The highest BCUT2D eigenvalue weighted by atomic mass is 32.2. The van der Waals surface area contributed by atoms with Crippen LogP contribution >= 0.6 is 11.8 Å². The molecule has 2 N–H and O–H groups in total. The molecule has 22 nitrogen and oxygen atoms in total. The fourth-order valence-corrected chi connectivity index (χ4v) is 6.80. The normalized spacial score (nSPS) is 19.2. The highest BCUT2D eigenvalue weighted by molar-refractivity contribution is 8.03. The number of hydrogen-bond acceptors (Lipinski definition) is 21. The molecule has 0 aliphatic carbocycles. The Labute approximate surface area is 402 Å². The average Bonchev–Trinajstić information content (AvgIpc) is 3.24. The second-order valence-electron chi connectivity index (χ2n) is 15.4. The number of rotatable bonds is 22. The van der Waals surface area contributed by atoms with E-state index in [9.17, 15) is 48.4 Å². The Morgan fingerprint density at radius 2 is 1.30 bits per heavy atom. The average molecular weight is 988 g/mol. The van der Waals surface area contributed by atoms with Crippen LogP contribution in [0.3, 0.4) is 0 Å². The van der Waals surface area contributed by atoms with E-state index >= 15 is 0 Å². The Morgan fingerprint density at radius 1 is 0.739 bits per heavy atom. The highest BCUT2D eigenvalue weighted by Gasteiger charge is 2.56. The molecule has 2 rings (SSSR count). The van der Waals surface area contributed by atoms with Crippen LogP contribution in [0.15, 0.2) is 24.3 Å². The van der Waals surface area contributed by atoms with E-state index in [4.69, 9.17) is 53.8 Å². The van der Waals surface area contributed by atoms with Gasteiger partial charge in [-0.05, 0) is 51.4 Å². The summed E-state index contributed by atoms with van der Waals surface area (Å²) in [6.07, 6.45) is -10.8. The van der Waals surface area contributed by atoms with Crippen LogP contribution in [0.25, 0.3) is 0 Å². The number of nitrogens with one attached hydrogen (secondary N) is 1. The number of hydrogen-bond donors (Lipinski definition) is 2. The molecular formula is C46H55N2O20S+. The maximum Gasteiger partial charge on any atom is 0.303 e. The van der Waals surface area contributed by atoms with Crippen LogP contribution in [0, 0.1) is 35.4 Å². The minimum absolute atomic E-state index is 0.248. The SMILES string of the molecule is C#CC#CC#CSCC(C)(C)[N+](O)=Cc1ccc(CNC(=O)C(OC(C)=O)[C@H](OC(C)=O)[C@H](O[C@@H]2OC(COC(C)=O)[C@H](OC(C)=O)[C@H](OC(C)=O)C2OC(C)=O)C(COC(C)=O)OC(C)=O)cc1. The smallest absolute Gasteiger partial charge is 0.303 e. The van der Waals surface area contributed by atoms with Gasteiger partial charge in [-0.25, -0.2) is 0 Å². The summed E-state index contributed by atoms with van der Waals surface area (Å²) in [5, 5.41) is 16.2. The summed E-state index contributed by atoms with van der Waals surface area (Å²) in [6.45, 7) is 9.47. The molecule has 1 aliphatic heterocycles. The molecule has 4 unspecified atom stereocenters. The molecule has 1 aromatic carbocycles. The minimum Gasteiger partial charge on any atom is -0.463 e. The lowest BCUT2D eigenvalue weighted by Crippen LogP contribution is -2.65. The van der Waals surface area contributed by atoms with Gasteiger partial charge in [-0.2, -0.15) is 0 Å². The Bertz CT molecular complexity index is 2250. The van der Waals surface area contributed by atoms with Gasteiger partial charge in [0.2, 0.25) is 17.9 Å². The lowest BCUT2D eigenvalue weighted by Gasteiger charge is -2.46. The first kappa shape index (κ1) is 58.0. The number of nitrogens with zero attached hydrogens (tertiary/aromatic N) is 1. The van der Waals surface area contributed by atoms with E-state index in [2.05, 4.69) is 34.3 Å². The van der Waals surface area contributed by atoms with Gasteiger partial charge in [0.25, 0.3) is 5.91 Å². The van der Waals surface area contributed by atoms with Crippen molar-refractivity contribution in [2.45, 2.75) is 136 Å². The predicted octanol–water partition coefficient (Wildman–Crippen LogP) is 1.06. The van der Waals surface area contributed by atoms with Crippen molar-refractivity contribution in [1.82, 2.24) is 5.32 Å². The maximum atomic E-state index is 14.2. The van der Waals surface area contributed by atoms with Gasteiger partial charge in [-0.15, -0.1) is 6.42 Å². The van der Waals surface area contributed by atoms with E-state index in [1.165, 1.54) is 18.0 Å². The molecule has 69 heavy (non-hydrogen) atoms. The summed E-state index contributed by atoms with van der Waals surface area (Å²) < 4.78 is 56.6. The topological polar surface area (TPSA) is 281 Å². The molecule has 1 saturated heterocycles. The van der Waals surface area contributed by atoms with Crippen LogP contribution in [0.5, 0.6) is 0 Å². The zero-order valence-electron chi connectivity index (χ0n) is 39.5. The molecule has 1 aliphatic rings. The summed E-state index contributed by atoms with van der Waals surface area (Å²) in [5.74, 6) is 0.903. The summed E-state index contributed by atoms with van der Waals surface area (Å²) in [7, 11) is 0. The molecule has 1 aromatic rings. The molecule has 23 heteroatoms. The first-order chi connectivity index (χ1) is 32.3. The zero-order chi connectivity index (χ0) is 52.0. The minimum atomic E-state index is -2.18. The number of esters is 8. The van der Waals surface area contributed by atoms with Crippen LogP contribution in [0.4, 0.5) is 0 Å². The summed E-state index contributed by atoms with van der Waals surface area (Å²) in [5.41, 5.74) is 0.249. The lowest BCUT2D eigenvalue weighted by molar-refractivity contribution is -0.815. The van der Waals surface area contributed by atoms with E-state index in [1.807, 2.05) is 0 Å². The van der Waals surface area contributed by atoms with Crippen molar-refractivity contribution < 1.29 is 100 Å². The van der Waals surface area contributed by atoms with Crippen LogP contribution in [-0.2, 0) is 97.1 Å². The van der Waals surface area contributed by atoms with Crippen molar-refractivity contribution in [2.24, 2.45) is 0 Å². The summed E-state index contributed by atoms with van der Waals surface area (Å²) >= 11 is 1.23. The quantitative estimate of drug-likeness (QED) is 0.0312. The molecule has 0 aromatic heterocycles. The molecule has 9 atom stereocenters. The summed E-state index contributed by atoms with van der Waals surface area (Å²) in [6, 6.07) is 6.47. The van der Waals surface area contributed by atoms with Gasteiger partial charge in [-0.1, -0.05) is 23.9 Å². The molecule has 1 amide bonds. The molecule has 0 spiro atoms. The van der Waals surface area contributed by atoms with Crippen molar-refractivity contribution in [1.29, 1.82) is 0 Å². The van der Waals surface area contributed by atoms with Gasteiger partial charge in [0, 0.05) is 81.3 Å². The highest BCUT2D eigenvalue weighted by Crippen LogP contribution is 2.33. The number of thioether (sulfide) groups is 1. The zero-order valence-corrected chi connectivity index (χ0v) is 40.4. The van der Waals surface area contributed by atoms with Crippen molar-refractivity contribution in [3.05, 3.63) is 35.4 Å². The van der Waals surface area contributed by atoms with Gasteiger partial charge in [-0.3, -0.25) is 48.4 Å². The first-order valence-electron chi connectivity index (χ1n) is 20.7. The third-order valence-corrected chi connectivity index (χ3v) is 10.0. The third-order valence-electron chi connectivity index (χ3n) is 8.93. The number of carbonyl (C=O) groups excluding carboxylic acids is 9. The van der Waals surface area contributed by atoms with Gasteiger partial charge in [0.1, 0.15) is 25.4 Å². The second kappa shape index (κ2) is 28.3. The molecular weight excluding hydrogens is 933 g/mol. The van der Waals surface area contributed by atoms with Crippen molar-refractivity contribution >= 4 is 71.6 Å². The number of carbonyl (C=O) groups is 9. The monoisotopic (exact) mass is 987 g/mol. The molecule has 374 valence electrons. The number of benzene rings is 1. The maximum absolute atomic E-state index is 14.2. The van der Waals surface area contributed by atoms with Crippen LogP contribution in [0.2, 0.25) is 0 Å². The van der Waals surface area contributed by atoms with E-state index in [1.54, 1.807) is 38.1 Å². The van der Waals surface area contributed by atoms with Crippen LogP contribution < -0.4 is 5.32 Å². The van der Waals surface area contributed by atoms with E-state index < -0.39 is 128 Å². The predicted molar refractivity (Wildman–Crippen MR) is 237 cm³/mol. The largest absolute Gasteiger partial charge is 0.463 e. The first-order valence-corrected chi connectivity index (χ1v) is 21.7. The fraction of sp³-hybridized carbons (Fsp3) is 0.522. The van der Waals surface area contributed by atoms with Crippen molar-refractivity contribution in [3.63, 3.8) is 0 Å². The molecule has 0 radical (unpaired) electrons. The van der Waals surface area contributed by atoms with Gasteiger partial charge in [0.15, 0.2) is 36.8 Å². The van der Waals surface area contributed by atoms with E-state index in [-0.39, 0.29) is 6.54 Å². The lowest BCUT2D eigenvalue weighted by atomic mass is 9.97. The van der Waals surface area contributed by atoms with Crippen molar-refractivity contribution in [2.75, 3.05) is 19.0 Å². The van der Waals surface area contributed by atoms with E-state index in [0.29, 0.717) is 16.9 Å². The Balaban J connectivity index is 2.73.